The maximum absolute atomic E-state index is 12.1. The van der Waals surface area contributed by atoms with E-state index in [9.17, 15) is 9.59 Å². The van der Waals surface area contributed by atoms with Crippen LogP contribution in [0.15, 0.2) is 23.9 Å². The van der Waals surface area contributed by atoms with Crippen LogP contribution in [0.3, 0.4) is 0 Å². The lowest BCUT2D eigenvalue weighted by molar-refractivity contribution is -0.149. The molecule has 27 heavy (non-hydrogen) atoms. The lowest BCUT2D eigenvalue weighted by Crippen LogP contribution is -2.28. The van der Waals surface area contributed by atoms with E-state index in [-0.39, 0.29) is 30.7 Å². The monoisotopic (exact) mass is 373 g/mol. The number of carbonyl (C=O) groups excluding carboxylic acids is 2. The molecule has 4 nitrogen and oxygen atoms in total. The van der Waals surface area contributed by atoms with Gasteiger partial charge in [-0.1, -0.05) is 25.2 Å². The number of esters is 1. The van der Waals surface area contributed by atoms with E-state index in [1.807, 2.05) is 19.9 Å². The van der Waals surface area contributed by atoms with Gasteiger partial charge in [-0.05, 0) is 39.5 Å². The first-order chi connectivity index (χ1) is 12.9. The van der Waals surface area contributed by atoms with Gasteiger partial charge in [0, 0.05) is 37.4 Å². The zero-order chi connectivity index (χ0) is 20.2. The number of hydrogen-bond acceptors (Lipinski definition) is 4. The largest absolute Gasteiger partial charge is 0.460 e. The first-order valence-corrected chi connectivity index (χ1v) is 10.1. The molecule has 0 aliphatic carbocycles. The Bertz CT molecular complexity index is 585. The van der Waals surface area contributed by atoms with Crippen molar-refractivity contribution in [3.05, 3.63) is 23.9 Å². The third-order valence-corrected chi connectivity index (χ3v) is 5.24. The number of Topliss-reactive ketones (excluding diaryl/α,β-unsaturated/α-hetero) is 1. The molecule has 0 N–H and O–H groups in total. The molecule has 0 aromatic carbocycles. The average Bonchev–Trinajstić information content (AvgIpc) is 3.07. The van der Waals surface area contributed by atoms with Crippen LogP contribution in [-0.2, 0) is 14.3 Å². The summed E-state index contributed by atoms with van der Waals surface area (Å²) in [7, 11) is 0. The van der Waals surface area contributed by atoms with E-state index in [1.54, 1.807) is 0 Å². The summed E-state index contributed by atoms with van der Waals surface area (Å²) >= 11 is 0. The van der Waals surface area contributed by atoms with E-state index < -0.39 is 0 Å². The van der Waals surface area contributed by atoms with Gasteiger partial charge in [0.2, 0.25) is 0 Å². The van der Waals surface area contributed by atoms with Crippen molar-refractivity contribution in [2.24, 2.45) is 0 Å². The first-order valence-electron chi connectivity index (χ1n) is 10.1. The van der Waals surface area contributed by atoms with Crippen LogP contribution < -0.4 is 0 Å². The van der Waals surface area contributed by atoms with Crippen molar-refractivity contribution in [1.82, 2.24) is 4.90 Å². The highest BCUT2D eigenvalue weighted by Crippen LogP contribution is 2.28. The van der Waals surface area contributed by atoms with Gasteiger partial charge in [0.15, 0.2) is 0 Å². The normalized spacial score (nSPS) is 19.6. The summed E-state index contributed by atoms with van der Waals surface area (Å²) < 4.78 is 5.63. The SMILES string of the molecule is C#CCCCC(=C)N1CC(OC(=O)CCC(=O)CCC(C)=CC)CC1CC. The predicted octanol–water partition coefficient (Wildman–Crippen LogP) is 4.80. The Morgan fingerprint density at radius 2 is 1.96 bits per heavy atom. The van der Waals surface area contributed by atoms with Crippen molar-refractivity contribution in [2.75, 3.05) is 6.54 Å². The molecule has 0 aromatic heterocycles. The van der Waals surface area contributed by atoms with Crippen LogP contribution in [0.5, 0.6) is 0 Å². The van der Waals surface area contributed by atoms with E-state index in [2.05, 4.69) is 24.3 Å². The predicted molar refractivity (Wildman–Crippen MR) is 110 cm³/mol. The minimum atomic E-state index is -0.272. The molecule has 4 heteroatoms. The van der Waals surface area contributed by atoms with Gasteiger partial charge >= 0.3 is 5.97 Å². The fraction of sp³-hybridized carbons (Fsp3) is 0.652. The maximum Gasteiger partial charge on any atom is 0.306 e. The molecule has 1 heterocycles. The molecule has 1 saturated heterocycles. The third-order valence-electron chi connectivity index (χ3n) is 5.24. The standard InChI is InChI=1S/C23H35NO3/c1-6-9-10-11-19(5)24-17-22(16-20(24)8-3)27-23(26)15-14-21(25)13-12-18(4)7-2/h1,7,20,22H,5,8-17H2,2-4H3. The molecule has 0 amide bonds. The quantitative estimate of drug-likeness (QED) is 0.213. The molecule has 0 radical (unpaired) electrons. The second kappa shape index (κ2) is 12.4. The van der Waals surface area contributed by atoms with Crippen molar-refractivity contribution in [3.63, 3.8) is 0 Å². The number of likely N-dealkylation sites (tertiary alicyclic amines) is 1. The molecular formula is C23H35NO3. The van der Waals surface area contributed by atoms with Gasteiger partial charge in [0.25, 0.3) is 0 Å². The van der Waals surface area contributed by atoms with Crippen LogP contribution in [0.4, 0.5) is 0 Å². The van der Waals surface area contributed by atoms with Crippen LogP contribution in [0.25, 0.3) is 0 Å². The van der Waals surface area contributed by atoms with Crippen LogP contribution >= 0.6 is 0 Å². The van der Waals surface area contributed by atoms with Gasteiger partial charge < -0.3 is 9.64 Å². The van der Waals surface area contributed by atoms with Crippen molar-refractivity contribution in [1.29, 1.82) is 0 Å². The number of ether oxygens (including phenoxy) is 1. The maximum atomic E-state index is 12.1. The molecule has 1 fully saturated rings. The number of allylic oxidation sites excluding steroid dienone is 3. The van der Waals surface area contributed by atoms with E-state index in [4.69, 9.17) is 11.2 Å². The lowest BCUT2D eigenvalue weighted by atomic mass is 10.1. The smallest absolute Gasteiger partial charge is 0.306 e. The molecule has 2 unspecified atom stereocenters. The summed E-state index contributed by atoms with van der Waals surface area (Å²) in [5.74, 6) is 2.50. The molecule has 1 aliphatic rings. The fourth-order valence-corrected chi connectivity index (χ4v) is 3.36. The number of nitrogens with zero attached hydrogens (tertiary/aromatic N) is 1. The molecule has 0 bridgehead atoms. The van der Waals surface area contributed by atoms with Gasteiger partial charge in [-0.25, -0.2) is 0 Å². The van der Waals surface area contributed by atoms with E-state index in [0.29, 0.717) is 19.0 Å². The molecule has 0 aromatic rings. The zero-order valence-electron chi connectivity index (χ0n) is 17.3. The highest BCUT2D eigenvalue weighted by Gasteiger charge is 2.33. The Morgan fingerprint density at radius 1 is 1.26 bits per heavy atom. The minimum Gasteiger partial charge on any atom is -0.460 e. The molecule has 1 aliphatic heterocycles. The highest BCUT2D eigenvalue weighted by atomic mass is 16.5. The van der Waals surface area contributed by atoms with E-state index in [1.165, 1.54) is 5.57 Å². The summed E-state index contributed by atoms with van der Waals surface area (Å²) in [5, 5.41) is 0. The Kier molecular flexibility index (Phi) is 10.6. The summed E-state index contributed by atoms with van der Waals surface area (Å²) in [4.78, 5) is 26.3. The van der Waals surface area contributed by atoms with Crippen LogP contribution in [-0.4, -0.2) is 35.3 Å². The molecule has 0 saturated carbocycles. The van der Waals surface area contributed by atoms with Gasteiger partial charge in [-0.2, -0.15) is 0 Å². The molecular weight excluding hydrogens is 338 g/mol. The van der Waals surface area contributed by atoms with Crippen molar-refractivity contribution in [2.45, 2.75) is 90.7 Å². The van der Waals surface area contributed by atoms with E-state index in [0.717, 1.165) is 44.2 Å². The topological polar surface area (TPSA) is 46.6 Å². The number of ketones is 1. The Morgan fingerprint density at radius 3 is 2.59 bits per heavy atom. The summed E-state index contributed by atoms with van der Waals surface area (Å²) in [6.07, 6.45) is 13.3. The Labute approximate surface area is 165 Å². The molecule has 150 valence electrons. The second-order valence-corrected chi connectivity index (χ2v) is 7.36. The third kappa shape index (κ3) is 8.47. The van der Waals surface area contributed by atoms with Gasteiger partial charge in [0.05, 0.1) is 13.0 Å². The van der Waals surface area contributed by atoms with Crippen molar-refractivity contribution >= 4 is 11.8 Å². The van der Waals surface area contributed by atoms with E-state index >= 15 is 0 Å². The first kappa shape index (κ1) is 23.0. The number of unbranched alkanes of at least 4 members (excludes halogenated alkanes) is 1. The molecule has 1 rings (SSSR count). The average molecular weight is 374 g/mol. The fourth-order valence-electron chi connectivity index (χ4n) is 3.36. The van der Waals surface area contributed by atoms with Crippen molar-refractivity contribution in [3.8, 4) is 12.3 Å². The number of hydrogen-bond donors (Lipinski definition) is 0. The summed E-state index contributed by atoms with van der Waals surface area (Å²) in [5.41, 5.74) is 2.27. The minimum absolute atomic E-state index is 0.118. The zero-order valence-corrected chi connectivity index (χ0v) is 17.3. The van der Waals surface area contributed by atoms with Crippen LogP contribution in [0.2, 0.25) is 0 Å². The number of carbonyl (C=O) groups is 2. The number of terminal acetylenes is 1. The van der Waals surface area contributed by atoms with Gasteiger partial charge in [-0.15, -0.1) is 12.3 Å². The Balaban J connectivity index is 2.39. The number of rotatable bonds is 12. The second-order valence-electron chi connectivity index (χ2n) is 7.36. The highest BCUT2D eigenvalue weighted by molar-refractivity contribution is 5.83. The summed E-state index contributed by atoms with van der Waals surface area (Å²) in [6.45, 7) is 11.0. The van der Waals surface area contributed by atoms with Crippen molar-refractivity contribution < 1.29 is 14.3 Å². The Hall–Kier alpha value is -2.02. The lowest BCUT2D eigenvalue weighted by Gasteiger charge is -2.27. The van der Waals surface area contributed by atoms with Gasteiger partial charge in [0.1, 0.15) is 11.9 Å². The van der Waals surface area contributed by atoms with Gasteiger partial charge in [-0.3, -0.25) is 9.59 Å². The molecule has 0 spiro atoms. The van der Waals surface area contributed by atoms with Crippen LogP contribution in [0, 0.1) is 12.3 Å². The summed E-state index contributed by atoms with van der Waals surface area (Å²) in [6, 6.07) is 0.353. The van der Waals surface area contributed by atoms with Crippen LogP contribution in [0.1, 0.15) is 78.6 Å². The molecule has 2 atom stereocenters.